The number of rotatable bonds is 8. The van der Waals surface area contributed by atoms with Crippen LogP contribution in [0.3, 0.4) is 0 Å². The second kappa shape index (κ2) is 8.77. The largest absolute Gasteiger partial charge is 0.370 e. The van der Waals surface area contributed by atoms with E-state index < -0.39 is 0 Å². The Bertz CT molecular complexity index is 424. The highest BCUT2D eigenvalue weighted by Gasteiger charge is 2.22. The average molecular weight is 391 g/mol. The first-order valence-electron chi connectivity index (χ1n) is 7.46. The zero-order chi connectivity index (χ0) is 15.1. The summed E-state index contributed by atoms with van der Waals surface area (Å²) in [6.45, 7) is 12.2. The lowest BCUT2D eigenvalue weighted by molar-refractivity contribution is 0.0231. The number of ether oxygens (including phenoxy) is 1. The summed E-state index contributed by atoms with van der Waals surface area (Å²) in [5, 5.41) is 3.40. The van der Waals surface area contributed by atoms with Gasteiger partial charge >= 0.3 is 0 Å². The number of hydrogen-bond acceptors (Lipinski definition) is 4. The molecular weight excluding hydrogens is 365 g/mol. The molecule has 5 heteroatoms. The minimum absolute atomic E-state index is 0.0375. The number of hydrogen-bond donors (Lipinski definition) is 1. The molecule has 0 spiro atoms. The number of aromatic nitrogens is 2. The van der Waals surface area contributed by atoms with E-state index >= 15 is 0 Å². The number of nitrogens with zero attached hydrogens (tertiary/aromatic N) is 2. The Balaban J connectivity index is 3.17. The number of aryl methyl sites for hydroxylation is 1. The molecule has 0 saturated heterocycles. The molecule has 4 nitrogen and oxygen atoms in total. The van der Waals surface area contributed by atoms with Crippen molar-refractivity contribution in [2.75, 3.05) is 18.5 Å². The van der Waals surface area contributed by atoms with Crippen LogP contribution in [-0.2, 0) is 11.2 Å². The maximum absolute atomic E-state index is 5.83. The van der Waals surface area contributed by atoms with Gasteiger partial charge in [-0.05, 0) is 48.3 Å². The monoisotopic (exact) mass is 391 g/mol. The Kier molecular flexibility index (Phi) is 7.72. The SMILES string of the molecule is CCCNc1nc(C(OCC)C(C)C)nc(CC)c1I. The van der Waals surface area contributed by atoms with Gasteiger partial charge < -0.3 is 10.1 Å². The lowest BCUT2D eigenvalue weighted by atomic mass is 10.1. The second-order valence-electron chi connectivity index (χ2n) is 5.09. The van der Waals surface area contributed by atoms with Crippen LogP contribution in [0.25, 0.3) is 0 Å². The molecule has 0 amide bonds. The van der Waals surface area contributed by atoms with Crippen LogP contribution < -0.4 is 5.32 Å². The first-order valence-corrected chi connectivity index (χ1v) is 8.54. The van der Waals surface area contributed by atoms with Gasteiger partial charge in [-0.1, -0.05) is 27.7 Å². The molecule has 1 heterocycles. The zero-order valence-electron chi connectivity index (χ0n) is 13.2. The van der Waals surface area contributed by atoms with Crippen molar-refractivity contribution in [2.24, 2.45) is 5.92 Å². The van der Waals surface area contributed by atoms with Crippen molar-refractivity contribution in [3.63, 3.8) is 0 Å². The second-order valence-corrected chi connectivity index (χ2v) is 6.17. The number of halogens is 1. The lowest BCUT2D eigenvalue weighted by Crippen LogP contribution is -2.18. The quantitative estimate of drug-likeness (QED) is 0.675. The molecule has 0 fully saturated rings. The average Bonchev–Trinajstić information content (AvgIpc) is 2.43. The molecule has 1 unspecified atom stereocenters. The zero-order valence-corrected chi connectivity index (χ0v) is 15.3. The van der Waals surface area contributed by atoms with Crippen LogP contribution in [0.5, 0.6) is 0 Å². The van der Waals surface area contributed by atoms with Crippen molar-refractivity contribution in [1.29, 1.82) is 0 Å². The van der Waals surface area contributed by atoms with Crippen LogP contribution in [-0.4, -0.2) is 23.1 Å². The molecule has 0 saturated carbocycles. The number of nitrogens with one attached hydrogen (secondary N) is 1. The van der Waals surface area contributed by atoms with Crippen LogP contribution in [0.15, 0.2) is 0 Å². The van der Waals surface area contributed by atoms with Crippen LogP contribution >= 0.6 is 22.6 Å². The van der Waals surface area contributed by atoms with Crippen LogP contribution in [0.1, 0.15) is 58.7 Å². The van der Waals surface area contributed by atoms with Crippen molar-refractivity contribution >= 4 is 28.4 Å². The molecule has 1 N–H and O–H groups in total. The van der Waals surface area contributed by atoms with Gasteiger partial charge in [0.2, 0.25) is 0 Å². The first-order chi connectivity index (χ1) is 9.54. The van der Waals surface area contributed by atoms with E-state index in [0.29, 0.717) is 12.5 Å². The van der Waals surface area contributed by atoms with E-state index in [1.54, 1.807) is 0 Å². The molecule has 0 aliphatic heterocycles. The molecule has 1 aromatic heterocycles. The molecule has 20 heavy (non-hydrogen) atoms. The molecule has 1 atom stereocenters. The van der Waals surface area contributed by atoms with Crippen molar-refractivity contribution in [3.05, 3.63) is 15.1 Å². The molecule has 0 aliphatic carbocycles. The first kappa shape index (κ1) is 17.6. The fourth-order valence-corrected chi connectivity index (χ4v) is 2.79. The third kappa shape index (κ3) is 4.55. The van der Waals surface area contributed by atoms with E-state index in [-0.39, 0.29) is 6.10 Å². The summed E-state index contributed by atoms with van der Waals surface area (Å²) in [7, 11) is 0. The summed E-state index contributed by atoms with van der Waals surface area (Å²) in [6, 6.07) is 0. The minimum Gasteiger partial charge on any atom is -0.370 e. The summed E-state index contributed by atoms with van der Waals surface area (Å²) < 4.78 is 6.96. The topological polar surface area (TPSA) is 47.0 Å². The van der Waals surface area contributed by atoms with E-state index in [1.165, 1.54) is 0 Å². The Morgan fingerprint density at radius 2 is 1.90 bits per heavy atom. The molecular formula is C15H26IN3O. The van der Waals surface area contributed by atoms with Gasteiger partial charge in [-0.3, -0.25) is 0 Å². The predicted octanol–water partition coefficient (Wildman–Crippen LogP) is 4.20. The summed E-state index contributed by atoms with van der Waals surface area (Å²) in [5.74, 6) is 2.11. The molecule has 114 valence electrons. The Morgan fingerprint density at radius 1 is 1.20 bits per heavy atom. The van der Waals surface area contributed by atoms with Gasteiger partial charge in [-0.15, -0.1) is 0 Å². The van der Waals surface area contributed by atoms with E-state index in [1.807, 2.05) is 6.92 Å². The van der Waals surface area contributed by atoms with E-state index in [0.717, 1.165) is 40.3 Å². The van der Waals surface area contributed by atoms with Gasteiger partial charge in [0.05, 0.1) is 9.26 Å². The highest BCUT2D eigenvalue weighted by Crippen LogP contribution is 2.27. The highest BCUT2D eigenvalue weighted by atomic mass is 127. The van der Waals surface area contributed by atoms with Crippen LogP contribution in [0, 0.1) is 9.49 Å². The number of anilines is 1. The van der Waals surface area contributed by atoms with Gasteiger partial charge in [0, 0.05) is 13.2 Å². The standard InChI is InChI=1S/C15H26IN3O/c1-6-9-17-14-12(16)11(7-2)18-15(19-14)13(10(4)5)20-8-3/h10,13H,6-9H2,1-5H3,(H,17,18,19). The normalized spacial score (nSPS) is 12.8. The Hall–Kier alpha value is -0.430. The van der Waals surface area contributed by atoms with Crippen LogP contribution in [0.4, 0.5) is 5.82 Å². The third-order valence-electron chi connectivity index (χ3n) is 3.02. The molecule has 0 bridgehead atoms. The molecule has 0 aliphatic rings. The summed E-state index contributed by atoms with van der Waals surface area (Å²) in [4.78, 5) is 9.42. The van der Waals surface area contributed by atoms with Gasteiger partial charge in [0.25, 0.3) is 0 Å². The molecule has 0 aromatic carbocycles. The lowest BCUT2D eigenvalue weighted by Gasteiger charge is -2.21. The van der Waals surface area contributed by atoms with E-state index in [2.05, 4.69) is 55.6 Å². The smallest absolute Gasteiger partial charge is 0.160 e. The van der Waals surface area contributed by atoms with Crippen molar-refractivity contribution in [3.8, 4) is 0 Å². The molecule has 1 rings (SSSR count). The maximum atomic E-state index is 5.83. The van der Waals surface area contributed by atoms with Crippen LogP contribution in [0.2, 0.25) is 0 Å². The van der Waals surface area contributed by atoms with Gasteiger partial charge in [-0.25, -0.2) is 9.97 Å². The fraction of sp³-hybridized carbons (Fsp3) is 0.733. The maximum Gasteiger partial charge on any atom is 0.160 e. The Morgan fingerprint density at radius 3 is 2.40 bits per heavy atom. The van der Waals surface area contributed by atoms with E-state index in [4.69, 9.17) is 14.7 Å². The summed E-state index contributed by atoms with van der Waals surface area (Å²) in [6.07, 6.45) is 1.95. The van der Waals surface area contributed by atoms with E-state index in [9.17, 15) is 0 Å². The van der Waals surface area contributed by atoms with Crippen molar-refractivity contribution in [2.45, 2.75) is 53.6 Å². The van der Waals surface area contributed by atoms with Gasteiger partial charge in [0.1, 0.15) is 11.9 Å². The van der Waals surface area contributed by atoms with Gasteiger partial charge in [0.15, 0.2) is 5.82 Å². The molecule has 0 radical (unpaired) electrons. The summed E-state index contributed by atoms with van der Waals surface area (Å²) >= 11 is 2.33. The van der Waals surface area contributed by atoms with Gasteiger partial charge in [-0.2, -0.15) is 0 Å². The fourth-order valence-electron chi connectivity index (χ4n) is 1.98. The predicted molar refractivity (Wildman–Crippen MR) is 92.1 cm³/mol. The Labute approximate surface area is 136 Å². The van der Waals surface area contributed by atoms with Crippen molar-refractivity contribution in [1.82, 2.24) is 9.97 Å². The van der Waals surface area contributed by atoms with Crippen molar-refractivity contribution < 1.29 is 4.74 Å². The highest BCUT2D eigenvalue weighted by molar-refractivity contribution is 14.1. The third-order valence-corrected chi connectivity index (χ3v) is 4.15. The molecule has 1 aromatic rings. The summed E-state index contributed by atoms with van der Waals surface area (Å²) in [5.41, 5.74) is 1.10. The minimum atomic E-state index is -0.0375.